The molecule has 0 fully saturated rings. The molecule has 1 atom stereocenters. The van der Waals surface area contributed by atoms with Crippen LogP contribution in [-0.2, 0) is 6.54 Å². The van der Waals surface area contributed by atoms with Crippen LogP contribution >= 0.6 is 11.6 Å². The molecule has 0 saturated carbocycles. The molecule has 132 valence electrons. The minimum Gasteiger partial charge on any atom is -0.496 e. The van der Waals surface area contributed by atoms with Crippen molar-refractivity contribution in [2.45, 2.75) is 19.0 Å². The molecule has 3 rings (SSSR count). The Morgan fingerprint density at radius 3 is 2.96 bits per heavy atom. The molecule has 2 N–H and O–H groups in total. The molecular weight excluding hydrogens is 338 g/mol. The number of aliphatic imine (C=N–C) groups is 1. The normalized spacial score (nSPS) is 16.6. The number of hydrogen-bond donors (Lipinski definition) is 2. The molecule has 0 spiro atoms. The maximum absolute atomic E-state index is 6.01. The standard InChI is InChI=1S/C19H22ClN3O2/c1-21-19(22-12-13-7-8-14(20)11-18(13)24-2)23-16-9-10-25-17-6-4-3-5-15(16)17/h3-8,11,16H,9-10,12H2,1-2H3,(H2,21,22,23). The second kappa shape index (κ2) is 8.12. The smallest absolute Gasteiger partial charge is 0.191 e. The van der Waals surface area contributed by atoms with E-state index in [0.29, 0.717) is 18.2 Å². The van der Waals surface area contributed by atoms with Gasteiger partial charge < -0.3 is 20.1 Å². The van der Waals surface area contributed by atoms with E-state index < -0.39 is 0 Å². The largest absolute Gasteiger partial charge is 0.496 e. The van der Waals surface area contributed by atoms with Gasteiger partial charge in [0, 0.05) is 36.2 Å². The zero-order valence-corrected chi connectivity index (χ0v) is 15.1. The van der Waals surface area contributed by atoms with E-state index in [9.17, 15) is 0 Å². The Hall–Kier alpha value is -2.40. The second-order valence-electron chi connectivity index (χ2n) is 5.75. The average molecular weight is 360 g/mol. The van der Waals surface area contributed by atoms with Crippen molar-refractivity contribution in [1.82, 2.24) is 10.6 Å². The van der Waals surface area contributed by atoms with Gasteiger partial charge >= 0.3 is 0 Å². The number of methoxy groups -OCH3 is 1. The molecule has 0 radical (unpaired) electrons. The highest BCUT2D eigenvalue weighted by Crippen LogP contribution is 2.31. The summed E-state index contributed by atoms with van der Waals surface area (Å²) in [5.74, 6) is 2.42. The first kappa shape index (κ1) is 17.4. The molecule has 25 heavy (non-hydrogen) atoms. The van der Waals surface area contributed by atoms with Gasteiger partial charge in [-0.05, 0) is 18.2 Å². The van der Waals surface area contributed by atoms with Crippen molar-refractivity contribution >= 4 is 17.6 Å². The summed E-state index contributed by atoms with van der Waals surface area (Å²) in [6.07, 6.45) is 0.891. The fourth-order valence-electron chi connectivity index (χ4n) is 2.90. The van der Waals surface area contributed by atoms with Gasteiger partial charge in [0.15, 0.2) is 5.96 Å². The Morgan fingerprint density at radius 1 is 1.32 bits per heavy atom. The minimum atomic E-state index is 0.170. The molecule has 0 bridgehead atoms. The van der Waals surface area contributed by atoms with Crippen molar-refractivity contribution < 1.29 is 9.47 Å². The summed E-state index contributed by atoms with van der Waals surface area (Å²) in [5, 5.41) is 7.46. The number of rotatable bonds is 4. The molecule has 2 aromatic rings. The lowest BCUT2D eigenvalue weighted by molar-refractivity contribution is 0.261. The van der Waals surface area contributed by atoms with Crippen LogP contribution in [0.4, 0.5) is 0 Å². The monoisotopic (exact) mass is 359 g/mol. The van der Waals surface area contributed by atoms with E-state index in [1.54, 1.807) is 14.2 Å². The third-order valence-corrected chi connectivity index (χ3v) is 4.42. The summed E-state index contributed by atoms with van der Waals surface area (Å²) in [5.41, 5.74) is 2.17. The van der Waals surface area contributed by atoms with Gasteiger partial charge in [0.05, 0.1) is 19.8 Å². The maximum atomic E-state index is 6.01. The number of para-hydroxylation sites is 1. The van der Waals surface area contributed by atoms with Crippen molar-refractivity contribution in [2.75, 3.05) is 20.8 Å². The number of nitrogens with zero attached hydrogens (tertiary/aromatic N) is 1. The second-order valence-corrected chi connectivity index (χ2v) is 6.19. The van der Waals surface area contributed by atoms with Crippen LogP contribution in [0.25, 0.3) is 0 Å². The van der Waals surface area contributed by atoms with E-state index in [1.165, 1.54) is 0 Å². The zero-order chi connectivity index (χ0) is 17.6. The van der Waals surface area contributed by atoms with Crippen LogP contribution in [-0.4, -0.2) is 26.7 Å². The summed E-state index contributed by atoms with van der Waals surface area (Å²) in [6.45, 7) is 1.28. The molecule has 1 aliphatic heterocycles. The maximum Gasteiger partial charge on any atom is 0.191 e. The number of guanidine groups is 1. The lowest BCUT2D eigenvalue weighted by Gasteiger charge is -2.28. The van der Waals surface area contributed by atoms with Gasteiger partial charge in [-0.1, -0.05) is 35.9 Å². The van der Waals surface area contributed by atoms with Crippen LogP contribution in [0.3, 0.4) is 0 Å². The average Bonchev–Trinajstić information content (AvgIpc) is 2.65. The van der Waals surface area contributed by atoms with Crippen molar-refractivity contribution in [3.63, 3.8) is 0 Å². The van der Waals surface area contributed by atoms with E-state index in [-0.39, 0.29) is 6.04 Å². The fraction of sp³-hybridized carbons (Fsp3) is 0.316. The molecule has 6 heteroatoms. The quantitative estimate of drug-likeness (QED) is 0.647. The molecular formula is C19H22ClN3O2. The third-order valence-electron chi connectivity index (χ3n) is 4.19. The SMILES string of the molecule is CN=C(NCc1ccc(Cl)cc1OC)NC1CCOc2ccccc21. The van der Waals surface area contributed by atoms with Gasteiger partial charge in [-0.3, -0.25) is 4.99 Å². The van der Waals surface area contributed by atoms with Crippen molar-refractivity contribution in [2.24, 2.45) is 4.99 Å². The summed E-state index contributed by atoms with van der Waals surface area (Å²) in [4.78, 5) is 4.33. The van der Waals surface area contributed by atoms with Gasteiger partial charge in [-0.2, -0.15) is 0 Å². The highest BCUT2D eigenvalue weighted by Gasteiger charge is 2.21. The molecule has 5 nitrogen and oxygen atoms in total. The van der Waals surface area contributed by atoms with E-state index in [2.05, 4.69) is 21.7 Å². The van der Waals surface area contributed by atoms with Gasteiger partial charge in [-0.25, -0.2) is 0 Å². The Morgan fingerprint density at radius 2 is 2.16 bits per heavy atom. The lowest BCUT2D eigenvalue weighted by Crippen LogP contribution is -2.40. The first-order chi connectivity index (χ1) is 12.2. The number of nitrogens with one attached hydrogen (secondary N) is 2. The number of benzene rings is 2. The minimum absolute atomic E-state index is 0.170. The van der Waals surface area contributed by atoms with Crippen LogP contribution in [0.15, 0.2) is 47.5 Å². The van der Waals surface area contributed by atoms with E-state index >= 15 is 0 Å². The first-order valence-electron chi connectivity index (χ1n) is 8.22. The van der Waals surface area contributed by atoms with Crippen LogP contribution in [0.5, 0.6) is 11.5 Å². The number of fused-ring (bicyclic) bond motifs is 1. The summed E-state index contributed by atoms with van der Waals surface area (Å²) >= 11 is 6.01. The highest BCUT2D eigenvalue weighted by molar-refractivity contribution is 6.30. The number of halogens is 1. The van der Waals surface area contributed by atoms with Gasteiger partial charge in [-0.15, -0.1) is 0 Å². The molecule has 0 aromatic heterocycles. The van der Waals surface area contributed by atoms with Crippen LogP contribution in [0, 0.1) is 0 Å². The van der Waals surface area contributed by atoms with Crippen LogP contribution in [0.2, 0.25) is 5.02 Å². The van der Waals surface area contributed by atoms with Crippen molar-refractivity contribution in [1.29, 1.82) is 0 Å². The fourth-order valence-corrected chi connectivity index (χ4v) is 3.06. The molecule has 1 heterocycles. The molecule has 0 amide bonds. The Kier molecular flexibility index (Phi) is 5.66. The third kappa shape index (κ3) is 4.17. The van der Waals surface area contributed by atoms with Crippen LogP contribution < -0.4 is 20.1 Å². The summed E-state index contributed by atoms with van der Waals surface area (Å²) in [7, 11) is 3.40. The Bertz CT molecular complexity index is 764. The first-order valence-corrected chi connectivity index (χ1v) is 8.60. The van der Waals surface area contributed by atoms with Gasteiger partial charge in [0.25, 0.3) is 0 Å². The predicted molar refractivity (Wildman–Crippen MR) is 101 cm³/mol. The van der Waals surface area contributed by atoms with Gasteiger partial charge in [0.2, 0.25) is 0 Å². The van der Waals surface area contributed by atoms with Crippen molar-refractivity contribution in [3.05, 3.63) is 58.6 Å². The van der Waals surface area contributed by atoms with E-state index in [1.807, 2.05) is 36.4 Å². The Balaban J connectivity index is 1.67. The Labute approximate surface area is 153 Å². The zero-order valence-electron chi connectivity index (χ0n) is 14.4. The molecule has 2 aromatic carbocycles. The van der Waals surface area contributed by atoms with Crippen molar-refractivity contribution in [3.8, 4) is 11.5 Å². The van der Waals surface area contributed by atoms with Gasteiger partial charge in [0.1, 0.15) is 11.5 Å². The molecule has 1 unspecified atom stereocenters. The topological polar surface area (TPSA) is 54.9 Å². The molecule has 1 aliphatic rings. The van der Waals surface area contributed by atoms with E-state index in [4.69, 9.17) is 21.1 Å². The summed E-state index contributed by atoms with van der Waals surface area (Å²) < 4.78 is 11.1. The van der Waals surface area contributed by atoms with Crippen LogP contribution in [0.1, 0.15) is 23.6 Å². The number of hydrogen-bond acceptors (Lipinski definition) is 3. The summed E-state index contributed by atoms with van der Waals surface area (Å²) in [6, 6.07) is 13.9. The number of ether oxygens (including phenoxy) is 2. The molecule has 0 saturated heterocycles. The molecule has 0 aliphatic carbocycles. The highest BCUT2D eigenvalue weighted by atomic mass is 35.5. The van der Waals surface area contributed by atoms with E-state index in [0.717, 1.165) is 35.0 Å². The predicted octanol–water partition coefficient (Wildman–Crippen LogP) is 3.54. The lowest BCUT2D eigenvalue weighted by atomic mass is 10.0.